The van der Waals surface area contributed by atoms with Gasteiger partial charge in [0.2, 0.25) is 0 Å². The molecule has 0 aliphatic heterocycles. The third-order valence-electron chi connectivity index (χ3n) is 6.61. The van der Waals surface area contributed by atoms with Gasteiger partial charge >= 0.3 is 46.5 Å². The molecule has 0 heterocycles. The van der Waals surface area contributed by atoms with E-state index in [-0.39, 0.29) is 0 Å². The summed E-state index contributed by atoms with van der Waals surface area (Å²) in [7, 11) is 10.7. The first-order valence-electron chi connectivity index (χ1n) is 12.0. The maximum absolute atomic E-state index is 5.37. The van der Waals surface area contributed by atoms with Crippen LogP contribution in [0.15, 0.2) is 34.4 Å². The second-order valence-electron chi connectivity index (χ2n) is 11.3. The summed E-state index contributed by atoms with van der Waals surface area (Å²) in [6, 6.07) is 0. The van der Waals surface area contributed by atoms with Crippen molar-refractivity contribution in [2.45, 2.75) is 99.8 Å². The minimum atomic E-state index is -1.76. The van der Waals surface area contributed by atoms with E-state index in [0.29, 0.717) is 22.7 Å². The van der Waals surface area contributed by atoms with Crippen molar-refractivity contribution >= 4 is 20.7 Å². The SMILES string of the molecule is CC(C)(C)C1[C-]=CC2=C1CCCC2.CC(C)(C)C1[C-]=CC2=C1CCCC2.C[CH]=[Zr]([Cl])[Cl]. The van der Waals surface area contributed by atoms with Gasteiger partial charge in [-0.2, -0.15) is 22.3 Å². The van der Waals surface area contributed by atoms with E-state index in [1.165, 1.54) is 51.4 Å². The van der Waals surface area contributed by atoms with E-state index in [4.69, 9.17) is 17.0 Å². The quantitative estimate of drug-likeness (QED) is 0.268. The van der Waals surface area contributed by atoms with Crippen molar-refractivity contribution in [1.29, 1.82) is 0 Å². The van der Waals surface area contributed by atoms with E-state index in [9.17, 15) is 0 Å². The van der Waals surface area contributed by atoms with Gasteiger partial charge in [-0.25, -0.2) is 12.2 Å². The Balaban J connectivity index is 0.000000182. The topological polar surface area (TPSA) is 0 Å². The van der Waals surface area contributed by atoms with Crippen molar-refractivity contribution in [1.82, 2.24) is 0 Å². The van der Waals surface area contributed by atoms with E-state index >= 15 is 0 Å². The average Bonchev–Trinajstić information content (AvgIpc) is 3.32. The molecular formula is C28H42Cl2Zr-2. The van der Waals surface area contributed by atoms with E-state index in [1.807, 2.05) is 10.6 Å². The molecule has 0 nitrogen and oxygen atoms in total. The molecule has 0 N–H and O–H groups in total. The number of rotatable bonds is 0. The molecule has 0 spiro atoms. The zero-order valence-electron chi connectivity index (χ0n) is 20.8. The fraction of sp³-hybridized carbons (Fsp3) is 0.679. The average molecular weight is 541 g/mol. The van der Waals surface area contributed by atoms with Crippen molar-refractivity contribution in [3.05, 3.63) is 46.6 Å². The molecule has 2 unspecified atom stereocenters. The van der Waals surface area contributed by atoms with Crippen LogP contribution in [0.2, 0.25) is 0 Å². The van der Waals surface area contributed by atoms with Crippen LogP contribution in [-0.2, 0) is 18.9 Å². The van der Waals surface area contributed by atoms with Crippen LogP contribution in [0.5, 0.6) is 0 Å². The molecule has 0 aromatic heterocycles. The Labute approximate surface area is 207 Å². The molecule has 0 aromatic rings. The van der Waals surface area contributed by atoms with E-state index in [2.05, 4.69) is 65.8 Å². The molecule has 4 aliphatic carbocycles. The summed E-state index contributed by atoms with van der Waals surface area (Å²) < 4.78 is 1.89. The van der Waals surface area contributed by atoms with Crippen LogP contribution < -0.4 is 0 Å². The molecule has 0 fully saturated rings. The summed E-state index contributed by atoms with van der Waals surface area (Å²) >= 11 is -1.76. The standard InChI is InChI=1S/2C13H19.C2H4.2ClH.Zr/c2*1-13(2,3)12-9-8-10-6-4-5-7-11(10)12;1-2;;;/h2*8,12H,4-7H2,1-3H3;1H,2H3;2*1H;/q2*-1;;;;+2/p-2. The van der Waals surface area contributed by atoms with Crippen LogP contribution in [0.1, 0.15) is 99.8 Å². The maximum atomic E-state index is 5.37. The molecule has 31 heavy (non-hydrogen) atoms. The van der Waals surface area contributed by atoms with Gasteiger partial charge in [0.25, 0.3) is 0 Å². The zero-order chi connectivity index (χ0) is 23.2. The number of halogens is 2. The monoisotopic (exact) mass is 538 g/mol. The van der Waals surface area contributed by atoms with Gasteiger partial charge in [0.15, 0.2) is 0 Å². The van der Waals surface area contributed by atoms with Gasteiger partial charge in [-0.1, -0.05) is 91.9 Å². The van der Waals surface area contributed by atoms with Gasteiger partial charge in [-0.05, 0) is 23.7 Å². The Morgan fingerprint density at radius 3 is 1.35 bits per heavy atom. The van der Waals surface area contributed by atoms with Crippen molar-refractivity contribution in [3.63, 3.8) is 0 Å². The molecule has 0 radical (unpaired) electrons. The van der Waals surface area contributed by atoms with Crippen LogP contribution in [0, 0.1) is 34.8 Å². The summed E-state index contributed by atoms with van der Waals surface area (Å²) in [5.41, 5.74) is 7.32. The van der Waals surface area contributed by atoms with Crippen LogP contribution in [0.4, 0.5) is 0 Å². The molecule has 4 rings (SSSR count). The normalized spacial score (nSPS) is 24.7. The molecule has 3 heteroatoms. The third-order valence-corrected chi connectivity index (χ3v) is 10.3. The van der Waals surface area contributed by atoms with Gasteiger partial charge < -0.3 is 0 Å². The molecule has 174 valence electrons. The van der Waals surface area contributed by atoms with Crippen molar-refractivity contribution < 1.29 is 18.9 Å². The van der Waals surface area contributed by atoms with E-state index in [1.54, 1.807) is 22.3 Å². The molecular weight excluding hydrogens is 498 g/mol. The summed E-state index contributed by atoms with van der Waals surface area (Å²) in [5.74, 6) is 1.20. The van der Waals surface area contributed by atoms with Gasteiger partial charge in [0.05, 0.1) is 0 Å². The van der Waals surface area contributed by atoms with Crippen LogP contribution in [0.3, 0.4) is 0 Å². The fourth-order valence-electron chi connectivity index (χ4n) is 5.01. The molecule has 0 saturated carbocycles. The molecule has 0 amide bonds. The second kappa shape index (κ2) is 12.1. The first kappa shape index (κ1) is 27.5. The van der Waals surface area contributed by atoms with Crippen molar-refractivity contribution in [2.75, 3.05) is 0 Å². The summed E-state index contributed by atoms with van der Waals surface area (Å²) in [5, 5.41) is 0. The predicted octanol–water partition coefficient (Wildman–Crippen LogP) is 9.52. The predicted molar refractivity (Wildman–Crippen MR) is 136 cm³/mol. The Bertz CT molecular complexity index is 704. The number of hydrogen-bond acceptors (Lipinski definition) is 0. The molecule has 0 aromatic carbocycles. The van der Waals surface area contributed by atoms with E-state index in [0.717, 1.165) is 0 Å². The van der Waals surface area contributed by atoms with Gasteiger partial charge in [-0.15, -0.1) is 0 Å². The number of allylic oxidation sites excluding steroid dienone is 8. The second-order valence-corrected chi connectivity index (χ2v) is 20.1. The van der Waals surface area contributed by atoms with E-state index < -0.39 is 18.9 Å². The van der Waals surface area contributed by atoms with Gasteiger partial charge in [0, 0.05) is 0 Å². The minimum absolute atomic E-state index is 0.366. The Hall–Kier alpha value is 0.293. The summed E-state index contributed by atoms with van der Waals surface area (Å²) in [6.45, 7) is 15.8. The number of hydrogen-bond donors (Lipinski definition) is 0. The summed E-state index contributed by atoms with van der Waals surface area (Å²) in [4.78, 5) is 0. The van der Waals surface area contributed by atoms with Crippen LogP contribution in [-0.4, -0.2) is 3.71 Å². The Morgan fingerprint density at radius 2 is 1.06 bits per heavy atom. The zero-order valence-corrected chi connectivity index (χ0v) is 24.8. The van der Waals surface area contributed by atoms with Crippen molar-refractivity contribution in [2.24, 2.45) is 22.7 Å². The van der Waals surface area contributed by atoms with Crippen LogP contribution in [0.25, 0.3) is 0 Å². The molecule has 0 bridgehead atoms. The fourth-order valence-corrected chi connectivity index (χ4v) is 5.01. The first-order chi connectivity index (χ1) is 14.4. The Kier molecular flexibility index (Phi) is 10.8. The van der Waals surface area contributed by atoms with Crippen molar-refractivity contribution in [3.8, 4) is 0 Å². The van der Waals surface area contributed by atoms with Gasteiger partial charge in [0.1, 0.15) is 0 Å². The third kappa shape index (κ3) is 8.23. The Morgan fingerprint density at radius 1 is 0.742 bits per heavy atom. The molecule has 0 saturated heterocycles. The van der Waals surface area contributed by atoms with Crippen LogP contribution >= 0.6 is 17.0 Å². The molecule has 2 atom stereocenters. The molecule has 4 aliphatic rings. The first-order valence-corrected chi connectivity index (χ1v) is 19.8. The van der Waals surface area contributed by atoms with Gasteiger partial charge in [-0.3, -0.25) is 12.2 Å². The summed E-state index contributed by atoms with van der Waals surface area (Å²) in [6.07, 6.45) is 22.4.